The quantitative estimate of drug-likeness (QED) is 0.580. The molecule has 0 saturated carbocycles. The van der Waals surface area contributed by atoms with Gasteiger partial charge in [-0.3, -0.25) is 10.1 Å². The summed E-state index contributed by atoms with van der Waals surface area (Å²) in [7, 11) is 0. The molecule has 0 atom stereocenters. The number of hydrogen-bond acceptors (Lipinski definition) is 3. The molecule has 0 saturated heterocycles. The monoisotopic (exact) mass is 223 g/mol. The normalized spacial score (nSPS) is 9.59. The fourth-order valence-corrected chi connectivity index (χ4v) is 1.61. The van der Waals surface area contributed by atoms with Crippen molar-refractivity contribution in [3.8, 4) is 17.2 Å². The second-order valence-electron chi connectivity index (χ2n) is 3.34. The molecule has 17 heavy (non-hydrogen) atoms. The molecule has 0 unspecified atom stereocenters. The van der Waals surface area contributed by atoms with Crippen molar-refractivity contribution in [2.24, 2.45) is 0 Å². The first-order chi connectivity index (χ1) is 8.24. The Bertz CT molecular complexity index is 615. The third kappa shape index (κ3) is 1.99. The molecule has 0 heterocycles. The molecule has 0 amide bonds. The topological polar surface area (TPSA) is 66.9 Å². The minimum atomic E-state index is -0.455. The first-order valence-electron chi connectivity index (χ1n) is 4.88. The van der Waals surface area contributed by atoms with Gasteiger partial charge in [-0.25, -0.2) is 0 Å². The number of nitro benzene ring substituents is 1. The van der Waals surface area contributed by atoms with Gasteiger partial charge in [-0.15, -0.1) is 0 Å². The zero-order valence-electron chi connectivity index (χ0n) is 8.75. The minimum absolute atomic E-state index is 0.0106. The Labute approximate surface area is 97.9 Å². The predicted octanol–water partition coefficient (Wildman–Crippen LogP) is 2.93. The van der Waals surface area contributed by atoms with Crippen molar-refractivity contribution in [3.63, 3.8) is 0 Å². The summed E-state index contributed by atoms with van der Waals surface area (Å²) in [4.78, 5) is 10.5. The summed E-state index contributed by atoms with van der Waals surface area (Å²) in [6.07, 6.45) is 0. The van der Waals surface area contributed by atoms with Crippen LogP contribution in [0.4, 0.5) is 5.69 Å². The summed E-state index contributed by atoms with van der Waals surface area (Å²) in [6.45, 7) is 0. The summed E-state index contributed by atoms with van der Waals surface area (Å²) < 4.78 is 0. The Hall–Kier alpha value is -2.67. The molecule has 0 aromatic heterocycles. The number of nitro groups is 1. The molecule has 2 aromatic rings. The molecule has 2 aromatic carbocycles. The van der Waals surface area contributed by atoms with Gasteiger partial charge in [0.15, 0.2) is 0 Å². The third-order valence-electron chi connectivity index (χ3n) is 2.36. The Kier molecular flexibility index (Phi) is 2.84. The molecule has 0 N–H and O–H groups in total. The maximum atomic E-state index is 10.9. The molecule has 0 aliphatic rings. The fourth-order valence-electron chi connectivity index (χ4n) is 1.61. The van der Waals surface area contributed by atoms with Crippen LogP contribution in [0.3, 0.4) is 0 Å². The van der Waals surface area contributed by atoms with Crippen molar-refractivity contribution in [3.05, 3.63) is 64.2 Å². The molecule has 0 bridgehead atoms. The van der Waals surface area contributed by atoms with Gasteiger partial charge in [0.1, 0.15) is 6.07 Å². The van der Waals surface area contributed by atoms with E-state index in [9.17, 15) is 10.1 Å². The van der Waals surface area contributed by atoms with Gasteiger partial charge in [0.25, 0.3) is 5.69 Å². The smallest absolute Gasteiger partial charge is 0.258 e. The van der Waals surface area contributed by atoms with E-state index in [1.54, 1.807) is 36.4 Å². The van der Waals surface area contributed by atoms with E-state index in [1.807, 2.05) is 6.07 Å². The lowest BCUT2D eigenvalue weighted by atomic mass is 9.99. The molecular weight excluding hydrogens is 216 g/mol. The van der Waals surface area contributed by atoms with Crippen molar-refractivity contribution in [2.75, 3.05) is 0 Å². The second-order valence-corrected chi connectivity index (χ2v) is 3.34. The molecule has 0 spiro atoms. The van der Waals surface area contributed by atoms with E-state index in [4.69, 9.17) is 5.26 Å². The molecule has 4 heteroatoms. The first-order valence-corrected chi connectivity index (χ1v) is 4.88. The van der Waals surface area contributed by atoms with Gasteiger partial charge in [0, 0.05) is 17.7 Å². The summed E-state index contributed by atoms with van der Waals surface area (Å²) in [5.41, 5.74) is 1.26. The van der Waals surface area contributed by atoms with Gasteiger partial charge in [-0.05, 0) is 6.07 Å². The summed E-state index contributed by atoms with van der Waals surface area (Å²) in [5, 5.41) is 19.9. The Morgan fingerprint density at radius 1 is 1.18 bits per heavy atom. The van der Waals surface area contributed by atoms with Crippen LogP contribution in [0.25, 0.3) is 11.1 Å². The molecule has 2 rings (SSSR count). The molecule has 0 aliphatic heterocycles. The van der Waals surface area contributed by atoms with Crippen molar-refractivity contribution < 1.29 is 4.92 Å². The Morgan fingerprint density at radius 2 is 1.88 bits per heavy atom. The van der Waals surface area contributed by atoms with Gasteiger partial charge in [0.05, 0.1) is 16.1 Å². The number of rotatable bonds is 2. The lowest BCUT2D eigenvalue weighted by molar-refractivity contribution is -0.384. The average Bonchev–Trinajstić information content (AvgIpc) is 2.38. The van der Waals surface area contributed by atoms with E-state index in [0.717, 1.165) is 0 Å². The highest BCUT2D eigenvalue weighted by molar-refractivity contribution is 5.77. The van der Waals surface area contributed by atoms with Crippen LogP contribution in [0, 0.1) is 27.5 Å². The molecule has 81 valence electrons. The van der Waals surface area contributed by atoms with Crippen molar-refractivity contribution in [2.45, 2.75) is 0 Å². The highest BCUT2D eigenvalue weighted by atomic mass is 16.6. The highest BCUT2D eigenvalue weighted by Crippen LogP contribution is 2.31. The third-order valence-corrected chi connectivity index (χ3v) is 2.36. The zero-order valence-corrected chi connectivity index (χ0v) is 8.75. The van der Waals surface area contributed by atoms with Gasteiger partial charge in [-0.1, -0.05) is 30.3 Å². The number of hydrogen-bond donors (Lipinski definition) is 0. The van der Waals surface area contributed by atoms with Crippen LogP contribution in [0.2, 0.25) is 0 Å². The maximum absolute atomic E-state index is 10.9. The van der Waals surface area contributed by atoms with Crippen molar-refractivity contribution >= 4 is 5.69 Å². The van der Waals surface area contributed by atoms with E-state index >= 15 is 0 Å². The standard InChI is InChI=1S/C13H7N2O2/c14-9-10-5-1-2-6-11(10)12-7-3-4-8-13(12)15(16)17/h1-4,6-8H. The SMILES string of the molecule is N#Cc1[c]cccc1-c1ccccc1[N+](=O)[O-]. The average molecular weight is 223 g/mol. The first kappa shape index (κ1) is 10.8. The van der Waals surface area contributed by atoms with Crippen LogP contribution >= 0.6 is 0 Å². The van der Waals surface area contributed by atoms with Gasteiger partial charge in [0.2, 0.25) is 0 Å². The van der Waals surface area contributed by atoms with Crippen LogP contribution in [-0.2, 0) is 0 Å². The van der Waals surface area contributed by atoms with Gasteiger partial charge in [-0.2, -0.15) is 5.26 Å². The molecule has 0 fully saturated rings. The maximum Gasteiger partial charge on any atom is 0.277 e. The van der Waals surface area contributed by atoms with Gasteiger partial charge < -0.3 is 0 Å². The number of benzene rings is 2. The number of nitrogens with zero attached hydrogens (tertiary/aromatic N) is 2. The van der Waals surface area contributed by atoms with Crippen molar-refractivity contribution in [1.82, 2.24) is 0 Å². The minimum Gasteiger partial charge on any atom is -0.258 e. The summed E-state index contributed by atoms with van der Waals surface area (Å²) in [5.74, 6) is 0. The highest BCUT2D eigenvalue weighted by Gasteiger charge is 2.16. The molecule has 0 aliphatic carbocycles. The number of para-hydroxylation sites is 1. The van der Waals surface area contributed by atoms with Gasteiger partial charge >= 0.3 is 0 Å². The lowest BCUT2D eigenvalue weighted by Gasteiger charge is -2.04. The summed E-state index contributed by atoms with van der Waals surface area (Å²) >= 11 is 0. The fraction of sp³-hybridized carbons (Fsp3) is 0. The van der Waals surface area contributed by atoms with Crippen LogP contribution in [-0.4, -0.2) is 4.92 Å². The lowest BCUT2D eigenvalue weighted by Crippen LogP contribution is -1.93. The molecule has 1 radical (unpaired) electrons. The predicted molar refractivity (Wildman–Crippen MR) is 62.1 cm³/mol. The Balaban J connectivity index is 2.69. The van der Waals surface area contributed by atoms with E-state index in [0.29, 0.717) is 16.7 Å². The Morgan fingerprint density at radius 3 is 2.59 bits per heavy atom. The number of nitriles is 1. The second kappa shape index (κ2) is 4.45. The van der Waals surface area contributed by atoms with E-state index < -0.39 is 4.92 Å². The van der Waals surface area contributed by atoms with E-state index in [1.165, 1.54) is 6.07 Å². The largest absolute Gasteiger partial charge is 0.277 e. The molecular formula is C13H7N2O2. The van der Waals surface area contributed by atoms with Crippen LogP contribution in [0.15, 0.2) is 42.5 Å². The van der Waals surface area contributed by atoms with E-state index in [-0.39, 0.29) is 5.69 Å². The summed E-state index contributed by atoms with van der Waals surface area (Å²) in [6, 6.07) is 16.1. The van der Waals surface area contributed by atoms with Crippen LogP contribution in [0.5, 0.6) is 0 Å². The van der Waals surface area contributed by atoms with Crippen LogP contribution in [0.1, 0.15) is 5.56 Å². The van der Waals surface area contributed by atoms with Crippen molar-refractivity contribution in [1.29, 1.82) is 5.26 Å². The zero-order chi connectivity index (χ0) is 12.3. The van der Waals surface area contributed by atoms with E-state index in [2.05, 4.69) is 6.07 Å². The van der Waals surface area contributed by atoms with Crippen LogP contribution < -0.4 is 0 Å². The molecule has 4 nitrogen and oxygen atoms in total.